The van der Waals surface area contributed by atoms with Crippen molar-refractivity contribution in [1.82, 2.24) is 9.97 Å². The van der Waals surface area contributed by atoms with Crippen LogP contribution in [0.15, 0.2) is 58.0 Å². The van der Waals surface area contributed by atoms with Crippen LogP contribution >= 0.6 is 15.9 Å². The summed E-state index contributed by atoms with van der Waals surface area (Å²) in [6.45, 7) is 5.39. The van der Waals surface area contributed by atoms with Crippen LogP contribution in [0.25, 0.3) is 0 Å². The van der Waals surface area contributed by atoms with Gasteiger partial charge in [-0.2, -0.15) is 4.98 Å². The van der Waals surface area contributed by atoms with Gasteiger partial charge in [0, 0.05) is 17.9 Å². The molecule has 0 amide bonds. The van der Waals surface area contributed by atoms with Gasteiger partial charge >= 0.3 is 0 Å². The number of aliphatic hydroxyl groups excluding tert-OH is 1. The number of aliphatic hydroxyl groups is 1. The molecule has 0 bridgehead atoms. The van der Waals surface area contributed by atoms with Crippen LogP contribution in [0.4, 0.5) is 21.8 Å². The van der Waals surface area contributed by atoms with E-state index in [1.54, 1.807) is 43.5 Å². The van der Waals surface area contributed by atoms with E-state index in [2.05, 4.69) is 36.5 Å². The van der Waals surface area contributed by atoms with Crippen molar-refractivity contribution in [2.45, 2.75) is 38.1 Å². The molecule has 1 unspecified atom stereocenters. The summed E-state index contributed by atoms with van der Waals surface area (Å²) in [4.78, 5) is 8.88. The predicted molar refractivity (Wildman–Crippen MR) is 136 cm³/mol. The fourth-order valence-electron chi connectivity index (χ4n) is 3.50. The number of hydrogen-bond acceptors (Lipinski definition) is 7. The van der Waals surface area contributed by atoms with Gasteiger partial charge in [-0.15, -0.1) is 0 Å². The van der Waals surface area contributed by atoms with Crippen molar-refractivity contribution in [1.29, 1.82) is 0 Å². The zero-order chi connectivity index (χ0) is 24.9. The number of nitrogens with one attached hydrogen (secondary N) is 2. The van der Waals surface area contributed by atoms with E-state index < -0.39 is 9.84 Å². The second-order valence-electron chi connectivity index (χ2n) is 8.44. The number of hydrogen-bond donors (Lipinski definition) is 3. The third-order valence-electron chi connectivity index (χ3n) is 5.18. The molecule has 34 heavy (non-hydrogen) atoms. The summed E-state index contributed by atoms with van der Waals surface area (Å²) < 4.78 is 40.2. The Hall–Kier alpha value is -2.56. The molecule has 182 valence electrons. The molecule has 2 atom stereocenters. The molecule has 0 saturated heterocycles. The molecule has 7 nitrogen and oxygen atoms in total. The third-order valence-corrected chi connectivity index (χ3v) is 7.88. The van der Waals surface area contributed by atoms with Gasteiger partial charge in [0.05, 0.1) is 21.7 Å². The first kappa shape index (κ1) is 26.1. The Bertz CT molecular complexity index is 1240. The number of rotatable bonds is 10. The molecule has 1 aromatic heterocycles. The second kappa shape index (κ2) is 11.2. The molecule has 3 aromatic rings. The van der Waals surface area contributed by atoms with Crippen molar-refractivity contribution in [3.05, 3.63) is 70.1 Å². The molecule has 3 N–H and O–H groups in total. The van der Waals surface area contributed by atoms with Crippen molar-refractivity contribution in [3.8, 4) is 0 Å². The highest BCUT2D eigenvalue weighted by Gasteiger charge is 2.22. The van der Waals surface area contributed by atoms with Gasteiger partial charge in [0.1, 0.15) is 11.6 Å². The Balaban J connectivity index is 1.77. The van der Waals surface area contributed by atoms with E-state index in [1.807, 2.05) is 13.8 Å². The molecule has 0 spiro atoms. The highest BCUT2D eigenvalue weighted by Crippen LogP contribution is 2.27. The summed E-state index contributed by atoms with van der Waals surface area (Å²) in [5.74, 6) is 0.297. The van der Waals surface area contributed by atoms with Crippen molar-refractivity contribution in [2.24, 2.45) is 5.92 Å². The van der Waals surface area contributed by atoms with E-state index in [1.165, 1.54) is 12.1 Å². The lowest BCUT2D eigenvalue weighted by molar-refractivity contribution is 0.281. The van der Waals surface area contributed by atoms with Crippen LogP contribution in [0.1, 0.15) is 25.0 Å². The number of aryl methyl sites for hydroxylation is 1. The number of halogens is 2. The Labute approximate surface area is 207 Å². The van der Waals surface area contributed by atoms with Gasteiger partial charge in [0.25, 0.3) is 0 Å². The van der Waals surface area contributed by atoms with Gasteiger partial charge in [0.2, 0.25) is 5.95 Å². The molecule has 0 fully saturated rings. The molecule has 0 radical (unpaired) electrons. The van der Waals surface area contributed by atoms with Crippen molar-refractivity contribution in [3.63, 3.8) is 0 Å². The molecule has 0 aliphatic heterocycles. The highest BCUT2D eigenvalue weighted by molar-refractivity contribution is 9.10. The average Bonchev–Trinajstić information content (AvgIpc) is 2.78. The number of anilines is 3. The highest BCUT2D eigenvalue weighted by atomic mass is 79.9. The molecular weight excluding hydrogens is 523 g/mol. The van der Waals surface area contributed by atoms with E-state index in [9.17, 15) is 17.9 Å². The zero-order valence-electron chi connectivity index (χ0n) is 19.2. The summed E-state index contributed by atoms with van der Waals surface area (Å²) in [6, 6.07) is 11.0. The SMILES string of the molecule is Cc1ccc(Nc2ncc(Br)c(N[C@H](C)CO)n2)cc1S(=O)(=O)CC(C)Cc1ccc(F)cc1. The van der Waals surface area contributed by atoms with E-state index in [0.717, 1.165) is 5.56 Å². The van der Waals surface area contributed by atoms with Gasteiger partial charge in [-0.3, -0.25) is 0 Å². The maximum absolute atomic E-state index is 13.2. The van der Waals surface area contributed by atoms with E-state index in [0.29, 0.717) is 28.0 Å². The van der Waals surface area contributed by atoms with E-state index in [4.69, 9.17) is 0 Å². The van der Waals surface area contributed by atoms with Crippen LogP contribution in [0.5, 0.6) is 0 Å². The quantitative estimate of drug-likeness (QED) is 0.330. The van der Waals surface area contributed by atoms with Gasteiger partial charge in [-0.1, -0.05) is 25.1 Å². The molecule has 3 rings (SSSR count). The van der Waals surface area contributed by atoms with Crippen LogP contribution < -0.4 is 10.6 Å². The summed E-state index contributed by atoms with van der Waals surface area (Å²) in [7, 11) is -3.57. The first-order valence-electron chi connectivity index (χ1n) is 10.8. The summed E-state index contributed by atoms with van der Waals surface area (Å²) in [5, 5.41) is 15.4. The van der Waals surface area contributed by atoms with Crippen LogP contribution in [0, 0.1) is 18.7 Å². The molecule has 10 heteroatoms. The topological polar surface area (TPSA) is 104 Å². The van der Waals surface area contributed by atoms with E-state index in [-0.39, 0.29) is 41.0 Å². The Kier molecular flexibility index (Phi) is 8.62. The lowest BCUT2D eigenvalue weighted by atomic mass is 10.0. The van der Waals surface area contributed by atoms with Gasteiger partial charge in [0.15, 0.2) is 9.84 Å². The number of aromatic nitrogens is 2. The van der Waals surface area contributed by atoms with Crippen LogP contribution in [-0.2, 0) is 16.3 Å². The fraction of sp³-hybridized carbons (Fsp3) is 0.333. The van der Waals surface area contributed by atoms with E-state index >= 15 is 0 Å². The standard InChI is InChI=1S/C24H28BrFN4O3S/c1-15(10-18-5-7-19(26)8-6-18)14-34(32,33)22-11-20(9-4-16(22)2)29-24-27-12-21(25)23(30-24)28-17(3)13-31/h4-9,11-12,15,17,31H,10,13-14H2,1-3H3,(H2,27,28,29,30)/t15?,17-/m1/s1. The molecule has 1 heterocycles. The Morgan fingerprint density at radius 1 is 1.15 bits per heavy atom. The maximum Gasteiger partial charge on any atom is 0.229 e. The molecular formula is C24H28BrFN4O3S. The first-order valence-corrected chi connectivity index (χ1v) is 13.3. The summed E-state index contributed by atoms with van der Waals surface area (Å²) >= 11 is 3.38. The minimum absolute atomic E-state index is 0.0312. The lowest BCUT2D eigenvalue weighted by Gasteiger charge is -2.16. The predicted octanol–water partition coefficient (Wildman–Crippen LogP) is 4.88. The minimum atomic E-state index is -3.57. The van der Waals surface area contributed by atoms with Crippen LogP contribution in [0.2, 0.25) is 0 Å². The number of nitrogens with zero attached hydrogens (tertiary/aromatic N) is 2. The second-order valence-corrected chi connectivity index (χ2v) is 11.3. The lowest BCUT2D eigenvalue weighted by Crippen LogP contribution is -2.20. The van der Waals surface area contributed by atoms with Gasteiger partial charge in [-0.25, -0.2) is 17.8 Å². The van der Waals surface area contributed by atoms with Crippen LogP contribution in [-0.4, -0.2) is 41.9 Å². The van der Waals surface area contributed by atoms with Crippen molar-refractivity contribution in [2.75, 3.05) is 23.0 Å². The Morgan fingerprint density at radius 2 is 1.85 bits per heavy atom. The smallest absolute Gasteiger partial charge is 0.229 e. The normalized spacial score (nSPS) is 13.4. The number of benzene rings is 2. The van der Waals surface area contributed by atoms with Crippen molar-refractivity contribution < 1.29 is 17.9 Å². The molecule has 2 aromatic carbocycles. The largest absolute Gasteiger partial charge is 0.394 e. The fourth-order valence-corrected chi connectivity index (χ4v) is 5.71. The number of sulfone groups is 1. The van der Waals surface area contributed by atoms with Crippen molar-refractivity contribution >= 4 is 43.2 Å². The van der Waals surface area contributed by atoms with Crippen LogP contribution in [0.3, 0.4) is 0 Å². The van der Waals surface area contributed by atoms with Gasteiger partial charge in [-0.05, 0) is 77.5 Å². The zero-order valence-corrected chi connectivity index (χ0v) is 21.6. The average molecular weight is 551 g/mol. The molecule has 0 saturated carbocycles. The molecule has 0 aliphatic carbocycles. The third kappa shape index (κ3) is 6.97. The monoisotopic (exact) mass is 550 g/mol. The minimum Gasteiger partial charge on any atom is -0.394 e. The summed E-state index contributed by atoms with van der Waals surface area (Å²) in [6.07, 6.45) is 2.11. The summed E-state index contributed by atoms with van der Waals surface area (Å²) in [5.41, 5.74) is 2.08. The molecule has 0 aliphatic rings. The first-order chi connectivity index (χ1) is 16.1. The maximum atomic E-state index is 13.2. The van der Waals surface area contributed by atoms with Gasteiger partial charge < -0.3 is 15.7 Å². The Morgan fingerprint density at radius 3 is 2.53 bits per heavy atom.